The highest BCUT2D eigenvalue weighted by atomic mass is 19.1. The average molecular weight is 354 g/mol. The van der Waals surface area contributed by atoms with Crippen LogP contribution in [0.25, 0.3) is 0 Å². The van der Waals surface area contributed by atoms with Gasteiger partial charge in [-0.15, -0.1) is 0 Å². The molecule has 0 spiro atoms. The number of rotatable bonds is 3. The van der Waals surface area contributed by atoms with Crippen molar-refractivity contribution in [2.24, 2.45) is 5.41 Å². The highest BCUT2D eigenvalue weighted by Crippen LogP contribution is 2.65. The SMILES string of the molecule is CC1(C)C[C@]1(C(=O)N1CCN(c2cnccn2)CC1)c1ccc(F)cc1. The third-order valence-corrected chi connectivity index (χ3v) is 5.88. The Morgan fingerprint density at radius 2 is 1.73 bits per heavy atom. The Bertz CT molecular complexity index is 800. The molecule has 1 atom stereocenters. The third-order valence-electron chi connectivity index (χ3n) is 5.88. The van der Waals surface area contributed by atoms with E-state index in [1.165, 1.54) is 12.1 Å². The van der Waals surface area contributed by atoms with Crippen LogP contribution in [-0.2, 0) is 10.2 Å². The lowest BCUT2D eigenvalue weighted by Crippen LogP contribution is -2.52. The average Bonchev–Trinajstić information content (AvgIpc) is 3.26. The first-order chi connectivity index (χ1) is 12.4. The molecule has 1 aromatic heterocycles. The molecule has 0 unspecified atom stereocenters. The first kappa shape index (κ1) is 16.9. The fourth-order valence-electron chi connectivity index (χ4n) is 4.20. The summed E-state index contributed by atoms with van der Waals surface area (Å²) < 4.78 is 13.3. The second kappa shape index (κ2) is 6.04. The van der Waals surface area contributed by atoms with Crippen molar-refractivity contribution in [3.63, 3.8) is 0 Å². The zero-order chi connectivity index (χ0) is 18.4. The minimum Gasteiger partial charge on any atom is -0.352 e. The lowest BCUT2D eigenvalue weighted by Gasteiger charge is -2.38. The molecule has 6 heteroatoms. The molecule has 2 aromatic rings. The second-order valence-corrected chi connectivity index (χ2v) is 7.82. The monoisotopic (exact) mass is 354 g/mol. The first-order valence-electron chi connectivity index (χ1n) is 9.00. The maximum absolute atomic E-state index is 13.4. The number of nitrogens with zero attached hydrogens (tertiary/aromatic N) is 4. The van der Waals surface area contributed by atoms with Gasteiger partial charge in [0.1, 0.15) is 11.6 Å². The predicted molar refractivity (Wildman–Crippen MR) is 97.3 cm³/mol. The lowest BCUT2D eigenvalue weighted by molar-refractivity contribution is -0.135. The van der Waals surface area contributed by atoms with Gasteiger partial charge in [0.2, 0.25) is 5.91 Å². The molecular weight excluding hydrogens is 331 g/mol. The first-order valence-corrected chi connectivity index (χ1v) is 9.00. The fourth-order valence-corrected chi connectivity index (χ4v) is 4.20. The van der Waals surface area contributed by atoms with Gasteiger partial charge in [-0.3, -0.25) is 9.78 Å². The van der Waals surface area contributed by atoms with Gasteiger partial charge in [-0.05, 0) is 29.5 Å². The molecule has 26 heavy (non-hydrogen) atoms. The molecule has 1 amide bonds. The smallest absolute Gasteiger partial charge is 0.233 e. The predicted octanol–water partition coefficient (Wildman–Crippen LogP) is 2.63. The lowest BCUT2D eigenvalue weighted by atomic mass is 9.86. The number of halogens is 1. The van der Waals surface area contributed by atoms with Crippen molar-refractivity contribution in [3.05, 3.63) is 54.2 Å². The zero-order valence-corrected chi connectivity index (χ0v) is 15.2. The molecule has 0 N–H and O–H groups in total. The molecule has 0 bridgehead atoms. The summed E-state index contributed by atoms with van der Waals surface area (Å²) >= 11 is 0. The van der Waals surface area contributed by atoms with E-state index in [1.807, 2.05) is 4.90 Å². The summed E-state index contributed by atoms with van der Waals surface area (Å²) in [5, 5.41) is 0. The number of piperazine rings is 1. The summed E-state index contributed by atoms with van der Waals surface area (Å²) in [6.45, 7) is 7.03. The summed E-state index contributed by atoms with van der Waals surface area (Å²) in [5.41, 5.74) is 0.282. The Morgan fingerprint density at radius 1 is 1.08 bits per heavy atom. The summed E-state index contributed by atoms with van der Waals surface area (Å²) in [6.07, 6.45) is 5.89. The van der Waals surface area contributed by atoms with Gasteiger partial charge in [-0.2, -0.15) is 0 Å². The molecule has 1 aliphatic heterocycles. The van der Waals surface area contributed by atoms with Gasteiger partial charge in [0.05, 0.1) is 11.6 Å². The van der Waals surface area contributed by atoms with Crippen molar-refractivity contribution < 1.29 is 9.18 Å². The molecule has 4 rings (SSSR count). The maximum Gasteiger partial charge on any atom is 0.233 e. The minimum atomic E-state index is -0.532. The Balaban J connectivity index is 1.51. The van der Waals surface area contributed by atoms with E-state index >= 15 is 0 Å². The molecule has 2 heterocycles. The van der Waals surface area contributed by atoms with E-state index in [0.717, 1.165) is 30.9 Å². The Morgan fingerprint density at radius 3 is 2.27 bits per heavy atom. The quantitative estimate of drug-likeness (QED) is 0.850. The summed E-state index contributed by atoms with van der Waals surface area (Å²) in [5.74, 6) is 0.736. The van der Waals surface area contributed by atoms with Crippen molar-refractivity contribution in [2.75, 3.05) is 31.1 Å². The van der Waals surface area contributed by atoms with Gasteiger partial charge < -0.3 is 9.80 Å². The van der Waals surface area contributed by atoms with Gasteiger partial charge in [0.25, 0.3) is 0 Å². The number of benzene rings is 1. The van der Waals surface area contributed by atoms with Gasteiger partial charge in [-0.1, -0.05) is 26.0 Å². The Labute approximate surface area is 152 Å². The highest BCUT2D eigenvalue weighted by molar-refractivity contribution is 5.93. The molecule has 5 nitrogen and oxygen atoms in total. The van der Waals surface area contributed by atoms with Crippen LogP contribution in [0, 0.1) is 11.2 Å². The molecule has 1 aliphatic carbocycles. The van der Waals surface area contributed by atoms with Crippen molar-refractivity contribution in [3.8, 4) is 0 Å². The van der Waals surface area contributed by atoms with E-state index in [2.05, 4.69) is 28.7 Å². The largest absolute Gasteiger partial charge is 0.352 e. The van der Waals surface area contributed by atoms with Gasteiger partial charge in [-0.25, -0.2) is 9.37 Å². The van der Waals surface area contributed by atoms with E-state index in [9.17, 15) is 9.18 Å². The number of aromatic nitrogens is 2. The van der Waals surface area contributed by atoms with E-state index < -0.39 is 5.41 Å². The van der Waals surface area contributed by atoms with Crippen LogP contribution in [-0.4, -0.2) is 47.0 Å². The molecule has 0 radical (unpaired) electrons. The second-order valence-electron chi connectivity index (χ2n) is 7.82. The standard InChI is InChI=1S/C20H23FN4O/c1-19(2)14-20(19,15-3-5-16(21)6-4-15)18(26)25-11-9-24(10-12-25)17-13-22-7-8-23-17/h3-8,13H,9-12,14H2,1-2H3/t20-/m1/s1. The molecule has 2 aliphatic rings. The van der Waals surface area contributed by atoms with Gasteiger partial charge in [0.15, 0.2) is 0 Å². The van der Waals surface area contributed by atoms with Crippen LogP contribution in [0.3, 0.4) is 0 Å². The van der Waals surface area contributed by atoms with Crippen molar-refractivity contribution in [1.82, 2.24) is 14.9 Å². The molecule has 1 saturated carbocycles. The van der Waals surface area contributed by atoms with Gasteiger partial charge in [0, 0.05) is 38.6 Å². The van der Waals surface area contributed by atoms with Gasteiger partial charge >= 0.3 is 0 Å². The number of hydrogen-bond donors (Lipinski definition) is 0. The van der Waals surface area contributed by atoms with Crippen molar-refractivity contribution in [1.29, 1.82) is 0 Å². The van der Waals surface area contributed by atoms with Crippen LogP contribution in [0.2, 0.25) is 0 Å². The summed E-state index contributed by atoms with van der Waals surface area (Å²) in [6, 6.07) is 6.42. The Hall–Kier alpha value is -2.50. The van der Waals surface area contributed by atoms with Crippen LogP contribution in [0.15, 0.2) is 42.9 Å². The zero-order valence-electron chi connectivity index (χ0n) is 15.2. The van der Waals surface area contributed by atoms with Crippen LogP contribution in [0.1, 0.15) is 25.8 Å². The third kappa shape index (κ3) is 2.64. The number of amides is 1. The highest BCUT2D eigenvalue weighted by Gasteiger charge is 2.68. The van der Waals surface area contributed by atoms with E-state index in [4.69, 9.17) is 0 Å². The number of anilines is 1. The van der Waals surface area contributed by atoms with Crippen LogP contribution in [0.5, 0.6) is 0 Å². The van der Waals surface area contributed by atoms with Crippen LogP contribution >= 0.6 is 0 Å². The van der Waals surface area contributed by atoms with Crippen LogP contribution in [0.4, 0.5) is 10.2 Å². The molecule has 136 valence electrons. The molecular formula is C20H23FN4O. The number of carbonyl (C=O) groups is 1. The maximum atomic E-state index is 13.4. The number of hydrogen-bond acceptors (Lipinski definition) is 4. The fraction of sp³-hybridized carbons (Fsp3) is 0.450. The minimum absolute atomic E-state index is 0.107. The summed E-state index contributed by atoms with van der Waals surface area (Å²) in [7, 11) is 0. The van der Waals surface area contributed by atoms with Crippen LogP contribution < -0.4 is 4.90 Å². The molecule has 1 aromatic carbocycles. The Kier molecular flexibility index (Phi) is 3.93. The van der Waals surface area contributed by atoms with E-state index in [-0.39, 0.29) is 17.1 Å². The normalized spacial score (nSPS) is 24.4. The van der Waals surface area contributed by atoms with Crippen molar-refractivity contribution >= 4 is 11.7 Å². The molecule has 1 saturated heterocycles. The number of carbonyl (C=O) groups excluding carboxylic acids is 1. The van der Waals surface area contributed by atoms with E-state index in [0.29, 0.717) is 13.1 Å². The van der Waals surface area contributed by atoms with Crippen molar-refractivity contribution in [2.45, 2.75) is 25.7 Å². The topological polar surface area (TPSA) is 49.3 Å². The summed E-state index contributed by atoms with van der Waals surface area (Å²) in [4.78, 5) is 26.0. The van der Waals surface area contributed by atoms with E-state index in [1.54, 1.807) is 30.7 Å². The molecule has 2 fully saturated rings.